The van der Waals surface area contributed by atoms with Gasteiger partial charge in [-0.05, 0) is 18.9 Å². The Morgan fingerprint density at radius 2 is 1.88 bits per heavy atom. The Morgan fingerprint density at radius 3 is 2.68 bits per heavy atom. The highest BCUT2D eigenvalue weighted by Crippen LogP contribution is 2.31. The van der Waals surface area contributed by atoms with Crippen molar-refractivity contribution in [3.05, 3.63) is 29.8 Å². The average molecular weight is 345 g/mol. The van der Waals surface area contributed by atoms with E-state index in [1.54, 1.807) is 0 Å². The van der Waals surface area contributed by atoms with Crippen LogP contribution in [0.1, 0.15) is 50.1 Å². The topological polar surface area (TPSA) is 70.7 Å². The van der Waals surface area contributed by atoms with Crippen molar-refractivity contribution in [3.8, 4) is 5.75 Å². The number of likely N-dealkylation sites (tertiary alicyclic amines) is 1. The monoisotopic (exact) mass is 345 g/mol. The van der Waals surface area contributed by atoms with E-state index in [4.69, 9.17) is 4.74 Å². The molecule has 1 saturated heterocycles. The second kappa shape index (κ2) is 8.74. The Morgan fingerprint density at radius 1 is 1.12 bits per heavy atom. The van der Waals surface area contributed by atoms with Crippen LogP contribution in [-0.4, -0.2) is 43.1 Å². The van der Waals surface area contributed by atoms with Crippen molar-refractivity contribution in [1.29, 1.82) is 0 Å². The second-order valence-corrected chi connectivity index (χ2v) is 6.67. The van der Waals surface area contributed by atoms with Gasteiger partial charge in [0.25, 0.3) is 0 Å². The fourth-order valence-electron chi connectivity index (χ4n) is 3.46. The summed E-state index contributed by atoms with van der Waals surface area (Å²) in [5.74, 6) is 0.967. The molecule has 6 heteroatoms. The van der Waals surface area contributed by atoms with Crippen LogP contribution in [0.3, 0.4) is 0 Å². The number of hydrogen-bond acceptors (Lipinski definition) is 3. The highest BCUT2D eigenvalue weighted by molar-refractivity contribution is 5.78. The summed E-state index contributed by atoms with van der Waals surface area (Å²) in [6.45, 7) is 2.66. The van der Waals surface area contributed by atoms with Gasteiger partial charge in [0.15, 0.2) is 0 Å². The van der Waals surface area contributed by atoms with E-state index in [9.17, 15) is 9.59 Å². The van der Waals surface area contributed by atoms with Crippen molar-refractivity contribution in [2.45, 2.75) is 44.6 Å². The molecule has 1 aromatic rings. The largest absolute Gasteiger partial charge is 0.493 e. The molecule has 136 valence electrons. The van der Waals surface area contributed by atoms with E-state index in [2.05, 4.69) is 10.6 Å². The molecule has 1 atom stereocenters. The van der Waals surface area contributed by atoms with Crippen molar-refractivity contribution >= 4 is 11.9 Å². The zero-order chi connectivity index (χ0) is 17.5. The summed E-state index contributed by atoms with van der Waals surface area (Å²) in [6, 6.07) is 7.48. The van der Waals surface area contributed by atoms with E-state index >= 15 is 0 Å². The van der Waals surface area contributed by atoms with E-state index in [-0.39, 0.29) is 18.0 Å². The van der Waals surface area contributed by atoms with Gasteiger partial charge in [-0.2, -0.15) is 0 Å². The van der Waals surface area contributed by atoms with Crippen LogP contribution in [0.15, 0.2) is 24.3 Å². The van der Waals surface area contributed by atoms with Crippen LogP contribution in [-0.2, 0) is 4.79 Å². The van der Waals surface area contributed by atoms with Gasteiger partial charge in [-0.1, -0.05) is 31.0 Å². The number of fused-ring (bicyclic) bond motifs is 1. The lowest BCUT2D eigenvalue weighted by Crippen LogP contribution is -2.41. The second-order valence-electron chi connectivity index (χ2n) is 6.67. The maximum atomic E-state index is 12.2. The fraction of sp³-hybridized carbons (Fsp3) is 0.579. The van der Waals surface area contributed by atoms with Gasteiger partial charge in [0.2, 0.25) is 5.91 Å². The number of nitrogens with one attached hydrogen (secondary N) is 2. The molecular weight excluding hydrogens is 318 g/mol. The van der Waals surface area contributed by atoms with Crippen LogP contribution >= 0.6 is 0 Å². The first kappa shape index (κ1) is 17.6. The summed E-state index contributed by atoms with van der Waals surface area (Å²) >= 11 is 0. The van der Waals surface area contributed by atoms with Crippen molar-refractivity contribution in [2.24, 2.45) is 0 Å². The minimum Gasteiger partial charge on any atom is -0.493 e. The molecule has 6 nitrogen and oxygen atoms in total. The SMILES string of the molecule is O=C(NCCC(=O)N1CCCCCC1)N[C@@H]1CCOc2ccccc21. The molecule has 0 unspecified atom stereocenters. The first-order valence-electron chi connectivity index (χ1n) is 9.28. The predicted molar refractivity (Wildman–Crippen MR) is 95.5 cm³/mol. The van der Waals surface area contributed by atoms with E-state index < -0.39 is 0 Å². The Kier molecular flexibility index (Phi) is 6.14. The number of urea groups is 1. The number of para-hydroxylation sites is 1. The predicted octanol–water partition coefficient (Wildman–Crippen LogP) is 2.60. The molecule has 0 spiro atoms. The first-order chi connectivity index (χ1) is 12.2. The molecule has 3 rings (SSSR count). The van der Waals surface area contributed by atoms with Gasteiger partial charge < -0.3 is 20.3 Å². The van der Waals surface area contributed by atoms with Crippen LogP contribution in [0, 0.1) is 0 Å². The maximum absolute atomic E-state index is 12.2. The fourth-order valence-corrected chi connectivity index (χ4v) is 3.46. The number of ether oxygens (including phenoxy) is 1. The summed E-state index contributed by atoms with van der Waals surface area (Å²) in [5, 5.41) is 5.79. The molecule has 0 radical (unpaired) electrons. The minimum absolute atomic E-state index is 0.0498. The van der Waals surface area contributed by atoms with Crippen LogP contribution in [0.2, 0.25) is 0 Å². The third-order valence-electron chi connectivity index (χ3n) is 4.85. The van der Waals surface area contributed by atoms with Gasteiger partial charge in [0, 0.05) is 38.0 Å². The van der Waals surface area contributed by atoms with E-state index in [1.165, 1.54) is 12.8 Å². The average Bonchev–Trinajstić information content (AvgIpc) is 2.91. The van der Waals surface area contributed by atoms with E-state index in [0.29, 0.717) is 19.6 Å². The highest BCUT2D eigenvalue weighted by atomic mass is 16.5. The standard InChI is InChI=1S/C19H27N3O3/c23-18(22-12-5-1-2-6-13-22)9-11-20-19(24)21-16-10-14-25-17-8-4-3-7-15(16)17/h3-4,7-8,16H,1-2,5-6,9-14H2,(H2,20,21,24)/t16-/m1/s1. The molecule has 0 aliphatic carbocycles. The smallest absolute Gasteiger partial charge is 0.315 e. The zero-order valence-electron chi connectivity index (χ0n) is 14.6. The van der Waals surface area contributed by atoms with Crippen molar-refractivity contribution in [3.63, 3.8) is 0 Å². The van der Waals surface area contributed by atoms with Gasteiger partial charge in [-0.25, -0.2) is 4.79 Å². The Hall–Kier alpha value is -2.24. The summed E-state index contributed by atoms with van der Waals surface area (Å²) in [4.78, 5) is 26.3. The molecule has 1 fully saturated rings. The van der Waals surface area contributed by atoms with Gasteiger partial charge in [-0.3, -0.25) is 4.79 Å². The molecule has 0 saturated carbocycles. The number of rotatable bonds is 4. The lowest BCUT2D eigenvalue weighted by molar-refractivity contribution is -0.131. The van der Waals surface area contributed by atoms with Crippen LogP contribution < -0.4 is 15.4 Å². The molecule has 0 aromatic heterocycles. The molecular formula is C19H27N3O3. The molecule has 0 bridgehead atoms. The van der Waals surface area contributed by atoms with E-state index in [0.717, 1.165) is 43.7 Å². The normalized spacial score (nSPS) is 20.0. The molecule has 25 heavy (non-hydrogen) atoms. The van der Waals surface area contributed by atoms with Crippen LogP contribution in [0.25, 0.3) is 0 Å². The summed E-state index contributed by atoms with van der Waals surface area (Å²) in [7, 11) is 0. The Bertz CT molecular complexity index is 597. The quantitative estimate of drug-likeness (QED) is 0.881. The first-order valence-corrected chi connectivity index (χ1v) is 9.28. The third-order valence-corrected chi connectivity index (χ3v) is 4.85. The number of amides is 3. The van der Waals surface area contributed by atoms with Crippen LogP contribution in [0.4, 0.5) is 4.79 Å². The lowest BCUT2D eigenvalue weighted by Gasteiger charge is -2.26. The molecule has 1 aromatic carbocycles. The number of hydrogen-bond donors (Lipinski definition) is 2. The van der Waals surface area contributed by atoms with Crippen molar-refractivity contribution in [2.75, 3.05) is 26.2 Å². The Labute approximate surface area is 148 Å². The van der Waals surface area contributed by atoms with Gasteiger partial charge in [0.1, 0.15) is 5.75 Å². The van der Waals surface area contributed by atoms with Crippen LogP contribution in [0.5, 0.6) is 5.75 Å². The van der Waals surface area contributed by atoms with Gasteiger partial charge >= 0.3 is 6.03 Å². The van der Waals surface area contributed by atoms with Crippen molar-refractivity contribution < 1.29 is 14.3 Å². The summed E-state index contributed by atoms with van der Waals surface area (Å²) in [6.07, 6.45) is 5.69. The van der Waals surface area contributed by atoms with Crippen molar-refractivity contribution in [1.82, 2.24) is 15.5 Å². The molecule has 2 aliphatic heterocycles. The summed E-state index contributed by atoms with van der Waals surface area (Å²) < 4.78 is 5.60. The number of benzene rings is 1. The molecule has 3 amide bonds. The molecule has 2 N–H and O–H groups in total. The number of nitrogens with zero attached hydrogens (tertiary/aromatic N) is 1. The number of carbonyl (C=O) groups is 2. The Balaban J connectivity index is 1.42. The van der Waals surface area contributed by atoms with Gasteiger partial charge in [-0.15, -0.1) is 0 Å². The third kappa shape index (κ3) is 4.87. The lowest BCUT2D eigenvalue weighted by atomic mass is 10.0. The molecule has 2 aliphatic rings. The van der Waals surface area contributed by atoms with E-state index in [1.807, 2.05) is 29.2 Å². The summed E-state index contributed by atoms with van der Waals surface area (Å²) in [5.41, 5.74) is 1.00. The van der Waals surface area contributed by atoms with Gasteiger partial charge in [0.05, 0.1) is 12.6 Å². The zero-order valence-corrected chi connectivity index (χ0v) is 14.6. The minimum atomic E-state index is -0.231. The number of carbonyl (C=O) groups excluding carboxylic acids is 2. The molecule has 2 heterocycles. The highest BCUT2D eigenvalue weighted by Gasteiger charge is 2.22. The maximum Gasteiger partial charge on any atom is 0.315 e.